The number of hydrogen-bond acceptors (Lipinski definition) is 3. The van der Waals surface area contributed by atoms with Gasteiger partial charge in [-0.15, -0.1) is 5.10 Å². The van der Waals surface area contributed by atoms with Gasteiger partial charge in [0.1, 0.15) is 0 Å². The molecule has 1 rings (SSSR count). The minimum absolute atomic E-state index is 0.400. The van der Waals surface area contributed by atoms with Crippen molar-refractivity contribution < 1.29 is 5.11 Å². The first kappa shape index (κ1) is 9.42. The van der Waals surface area contributed by atoms with Gasteiger partial charge in [0.05, 0.1) is 11.8 Å². The van der Waals surface area contributed by atoms with E-state index < -0.39 is 6.10 Å². The highest BCUT2D eigenvalue weighted by molar-refractivity contribution is 6.30. The van der Waals surface area contributed by atoms with Crippen molar-refractivity contribution in [1.29, 1.82) is 0 Å². The van der Waals surface area contributed by atoms with E-state index >= 15 is 0 Å². The van der Waals surface area contributed by atoms with Crippen LogP contribution in [0.4, 0.5) is 0 Å². The maximum absolute atomic E-state index is 9.27. The lowest BCUT2D eigenvalue weighted by molar-refractivity contribution is 0.192. The molecular formula is C8H11ClN2O. The predicted octanol–water partition coefficient (Wildman–Crippen LogP) is 1.80. The van der Waals surface area contributed by atoms with Gasteiger partial charge in [-0.2, -0.15) is 5.10 Å². The summed E-state index contributed by atoms with van der Waals surface area (Å²) in [5, 5.41) is 17.2. The Bertz CT molecular complexity index is 299. The van der Waals surface area contributed by atoms with Gasteiger partial charge in [-0.1, -0.05) is 11.6 Å². The van der Waals surface area contributed by atoms with Crippen LogP contribution in [0.1, 0.15) is 29.8 Å². The van der Waals surface area contributed by atoms with Crippen molar-refractivity contribution in [2.75, 3.05) is 0 Å². The molecule has 0 aromatic carbocycles. The van der Waals surface area contributed by atoms with Gasteiger partial charge in [0.15, 0.2) is 5.15 Å². The van der Waals surface area contributed by atoms with Crippen molar-refractivity contribution in [3.8, 4) is 0 Å². The maximum Gasteiger partial charge on any atom is 0.154 e. The highest BCUT2D eigenvalue weighted by atomic mass is 35.5. The number of aliphatic hydroxyl groups is 1. The minimum Gasteiger partial charge on any atom is -0.387 e. The van der Waals surface area contributed by atoms with Crippen LogP contribution in [0.3, 0.4) is 0 Å². The van der Waals surface area contributed by atoms with E-state index in [4.69, 9.17) is 11.6 Å². The number of aromatic nitrogens is 2. The molecule has 0 bridgehead atoms. The topological polar surface area (TPSA) is 46.0 Å². The average Bonchev–Trinajstić information content (AvgIpc) is 2.00. The monoisotopic (exact) mass is 186 g/mol. The first-order valence-electron chi connectivity index (χ1n) is 3.71. The second-order valence-corrected chi connectivity index (χ2v) is 3.16. The first-order valence-corrected chi connectivity index (χ1v) is 4.09. The quantitative estimate of drug-likeness (QED) is 0.728. The van der Waals surface area contributed by atoms with Crippen LogP contribution in [-0.2, 0) is 0 Å². The molecular weight excluding hydrogens is 176 g/mol. The summed E-state index contributed by atoms with van der Waals surface area (Å²) in [6.45, 7) is 5.39. The Morgan fingerprint density at radius 3 is 2.33 bits per heavy atom. The molecule has 66 valence electrons. The van der Waals surface area contributed by atoms with E-state index in [9.17, 15) is 5.11 Å². The van der Waals surface area contributed by atoms with Crippen LogP contribution in [0.15, 0.2) is 0 Å². The zero-order valence-electron chi connectivity index (χ0n) is 7.30. The summed E-state index contributed by atoms with van der Waals surface area (Å²) in [6.07, 6.45) is -0.589. The molecule has 0 aliphatic carbocycles. The van der Waals surface area contributed by atoms with E-state index in [1.807, 2.05) is 13.8 Å². The highest BCUT2D eigenvalue weighted by Crippen LogP contribution is 2.21. The zero-order chi connectivity index (χ0) is 9.30. The summed E-state index contributed by atoms with van der Waals surface area (Å²) in [7, 11) is 0. The molecule has 0 aliphatic heterocycles. The molecule has 1 unspecified atom stereocenters. The molecule has 0 saturated heterocycles. The van der Waals surface area contributed by atoms with E-state index in [1.54, 1.807) is 6.92 Å². The van der Waals surface area contributed by atoms with E-state index in [0.717, 1.165) is 11.1 Å². The molecule has 0 aliphatic rings. The summed E-state index contributed by atoms with van der Waals surface area (Å²) in [6, 6.07) is 0. The van der Waals surface area contributed by atoms with Crippen molar-refractivity contribution in [2.45, 2.75) is 26.9 Å². The van der Waals surface area contributed by atoms with E-state index in [-0.39, 0.29) is 0 Å². The Morgan fingerprint density at radius 1 is 1.25 bits per heavy atom. The van der Waals surface area contributed by atoms with Crippen molar-refractivity contribution in [2.24, 2.45) is 0 Å². The summed E-state index contributed by atoms with van der Waals surface area (Å²) < 4.78 is 0. The van der Waals surface area contributed by atoms with Crippen LogP contribution in [0, 0.1) is 13.8 Å². The van der Waals surface area contributed by atoms with Crippen LogP contribution >= 0.6 is 11.6 Å². The fraction of sp³-hybridized carbons (Fsp3) is 0.500. The Morgan fingerprint density at radius 2 is 1.83 bits per heavy atom. The lowest BCUT2D eigenvalue weighted by Crippen LogP contribution is -2.03. The van der Waals surface area contributed by atoms with Crippen LogP contribution in [0.2, 0.25) is 5.15 Å². The highest BCUT2D eigenvalue weighted by Gasteiger charge is 2.11. The van der Waals surface area contributed by atoms with Crippen molar-refractivity contribution >= 4 is 11.6 Å². The smallest absolute Gasteiger partial charge is 0.154 e. The van der Waals surface area contributed by atoms with Gasteiger partial charge in [-0.3, -0.25) is 0 Å². The number of hydrogen-bond donors (Lipinski definition) is 1. The molecule has 1 aromatic heterocycles. The summed E-state index contributed by atoms with van der Waals surface area (Å²) in [4.78, 5) is 0. The van der Waals surface area contributed by atoms with Crippen LogP contribution < -0.4 is 0 Å². The lowest BCUT2D eigenvalue weighted by Gasteiger charge is -2.09. The van der Waals surface area contributed by atoms with Gasteiger partial charge >= 0.3 is 0 Å². The SMILES string of the molecule is Cc1c(Cl)nnc(C(C)O)c1C. The Balaban J connectivity index is 3.27. The van der Waals surface area contributed by atoms with Gasteiger partial charge in [0.25, 0.3) is 0 Å². The van der Waals surface area contributed by atoms with Crippen LogP contribution in [0.25, 0.3) is 0 Å². The van der Waals surface area contributed by atoms with E-state index in [1.165, 1.54) is 0 Å². The minimum atomic E-state index is -0.589. The van der Waals surface area contributed by atoms with Crippen molar-refractivity contribution in [3.63, 3.8) is 0 Å². The van der Waals surface area contributed by atoms with E-state index in [0.29, 0.717) is 10.8 Å². The fourth-order valence-corrected chi connectivity index (χ4v) is 1.17. The first-order chi connectivity index (χ1) is 5.54. The standard InChI is InChI=1S/C8H11ClN2O/c1-4-5(2)8(9)11-10-7(4)6(3)12/h6,12H,1-3H3. The molecule has 0 spiro atoms. The number of nitrogens with zero attached hydrogens (tertiary/aromatic N) is 2. The molecule has 3 nitrogen and oxygen atoms in total. The van der Waals surface area contributed by atoms with E-state index in [2.05, 4.69) is 10.2 Å². The molecule has 0 saturated carbocycles. The Labute approximate surface area is 76.4 Å². The number of aliphatic hydroxyl groups excluding tert-OH is 1. The second kappa shape index (κ2) is 3.37. The van der Waals surface area contributed by atoms with Crippen molar-refractivity contribution in [3.05, 3.63) is 22.0 Å². The molecule has 0 fully saturated rings. The van der Waals surface area contributed by atoms with Gasteiger partial charge in [-0.05, 0) is 31.9 Å². The molecule has 0 radical (unpaired) electrons. The largest absolute Gasteiger partial charge is 0.387 e. The predicted molar refractivity (Wildman–Crippen MR) is 47.1 cm³/mol. The molecule has 1 N–H and O–H groups in total. The summed E-state index contributed by atoms with van der Waals surface area (Å²) in [5.41, 5.74) is 2.38. The molecule has 4 heteroatoms. The molecule has 1 aromatic rings. The third kappa shape index (κ3) is 1.57. The normalized spacial score (nSPS) is 13.1. The Kier molecular flexibility index (Phi) is 2.65. The number of halogens is 1. The molecule has 12 heavy (non-hydrogen) atoms. The average molecular weight is 187 g/mol. The van der Waals surface area contributed by atoms with Crippen LogP contribution in [0.5, 0.6) is 0 Å². The van der Waals surface area contributed by atoms with Gasteiger partial charge < -0.3 is 5.11 Å². The van der Waals surface area contributed by atoms with Gasteiger partial charge in [0.2, 0.25) is 0 Å². The maximum atomic E-state index is 9.27. The van der Waals surface area contributed by atoms with Gasteiger partial charge in [0, 0.05) is 0 Å². The molecule has 1 atom stereocenters. The molecule has 0 amide bonds. The summed E-state index contributed by atoms with van der Waals surface area (Å²) >= 11 is 5.74. The lowest BCUT2D eigenvalue weighted by atomic mass is 10.1. The second-order valence-electron chi connectivity index (χ2n) is 2.80. The Hall–Kier alpha value is -0.670. The van der Waals surface area contributed by atoms with Crippen LogP contribution in [-0.4, -0.2) is 15.3 Å². The van der Waals surface area contributed by atoms with Crippen molar-refractivity contribution in [1.82, 2.24) is 10.2 Å². The third-order valence-electron chi connectivity index (χ3n) is 1.90. The number of rotatable bonds is 1. The fourth-order valence-electron chi connectivity index (χ4n) is 0.991. The van der Waals surface area contributed by atoms with Gasteiger partial charge in [-0.25, -0.2) is 0 Å². The third-order valence-corrected chi connectivity index (χ3v) is 2.26. The zero-order valence-corrected chi connectivity index (χ0v) is 8.05. The molecule has 1 heterocycles. The summed E-state index contributed by atoms with van der Waals surface area (Å²) in [5.74, 6) is 0.